The number of amides is 1. The quantitative estimate of drug-likeness (QED) is 0.816. The maximum Gasteiger partial charge on any atom is 0.270 e. The molecular formula is C17H23N3O. The van der Waals surface area contributed by atoms with E-state index < -0.39 is 0 Å². The van der Waals surface area contributed by atoms with Crippen LogP contribution in [0.3, 0.4) is 0 Å². The Labute approximate surface area is 126 Å². The Hall–Kier alpha value is -1.86. The van der Waals surface area contributed by atoms with Crippen LogP contribution in [0.1, 0.15) is 49.2 Å². The molecule has 4 heteroatoms. The van der Waals surface area contributed by atoms with Crippen LogP contribution in [-0.2, 0) is 0 Å². The molecule has 1 saturated carbocycles. The molecule has 0 aliphatic heterocycles. The van der Waals surface area contributed by atoms with E-state index in [4.69, 9.17) is 5.73 Å². The molecule has 1 aliphatic rings. The zero-order valence-corrected chi connectivity index (χ0v) is 12.7. The third-order valence-corrected chi connectivity index (χ3v) is 4.26. The molecule has 0 bridgehead atoms. The second kappa shape index (κ2) is 7.24. The molecule has 1 heterocycles. The van der Waals surface area contributed by atoms with Crippen LogP contribution in [0.4, 0.5) is 0 Å². The average Bonchev–Trinajstić information content (AvgIpc) is 2.49. The average molecular weight is 285 g/mol. The van der Waals surface area contributed by atoms with Gasteiger partial charge in [0, 0.05) is 17.8 Å². The standard InChI is InChI=1S/C17H23N3O/c1-12-5-7-15(10-13(12)2)20-17(21)16-8-6-14(11-19-16)4-3-9-18/h6,8,11-13,15H,5,7,9-10,18H2,1-2H3,(H,20,21). The Morgan fingerprint density at radius 1 is 1.38 bits per heavy atom. The highest BCUT2D eigenvalue weighted by Crippen LogP contribution is 2.29. The van der Waals surface area contributed by atoms with Crippen molar-refractivity contribution >= 4 is 5.91 Å². The summed E-state index contributed by atoms with van der Waals surface area (Å²) in [6.45, 7) is 4.86. The summed E-state index contributed by atoms with van der Waals surface area (Å²) in [5.74, 6) is 6.97. The molecule has 3 atom stereocenters. The molecule has 3 unspecified atom stereocenters. The van der Waals surface area contributed by atoms with Crippen molar-refractivity contribution in [1.82, 2.24) is 10.3 Å². The summed E-state index contributed by atoms with van der Waals surface area (Å²) in [7, 11) is 0. The lowest BCUT2D eigenvalue weighted by molar-refractivity contribution is 0.0905. The summed E-state index contributed by atoms with van der Waals surface area (Å²) in [6.07, 6.45) is 4.89. The lowest BCUT2D eigenvalue weighted by Gasteiger charge is -2.32. The Bertz CT molecular complexity index is 541. The van der Waals surface area contributed by atoms with Gasteiger partial charge in [0.2, 0.25) is 0 Å². The number of aromatic nitrogens is 1. The Kier molecular flexibility index (Phi) is 5.35. The van der Waals surface area contributed by atoms with Gasteiger partial charge < -0.3 is 11.1 Å². The molecule has 1 aromatic heterocycles. The summed E-state index contributed by atoms with van der Waals surface area (Å²) in [5, 5.41) is 3.09. The monoisotopic (exact) mass is 285 g/mol. The van der Waals surface area contributed by atoms with E-state index in [1.807, 2.05) is 0 Å². The molecule has 0 saturated heterocycles. The number of nitrogens with one attached hydrogen (secondary N) is 1. The van der Waals surface area contributed by atoms with E-state index in [1.54, 1.807) is 18.3 Å². The van der Waals surface area contributed by atoms with Crippen LogP contribution in [0.5, 0.6) is 0 Å². The predicted octanol–water partition coefficient (Wildman–Crippen LogP) is 1.95. The Balaban J connectivity index is 1.94. The van der Waals surface area contributed by atoms with Gasteiger partial charge in [-0.05, 0) is 43.2 Å². The van der Waals surface area contributed by atoms with Gasteiger partial charge in [-0.25, -0.2) is 4.98 Å². The lowest BCUT2D eigenvalue weighted by atomic mass is 9.79. The van der Waals surface area contributed by atoms with E-state index in [-0.39, 0.29) is 11.9 Å². The van der Waals surface area contributed by atoms with Gasteiger partial charge in [0.25, 0.3) is 5.91 Å². The van der Waals surface area contributed by atoms with Crippen molar-refractivity contribution in [2.24, 2.45) is 17.6 Å². The molecule has 1 amide bonds. The van der Waals surface area contributed by atoms with Crippen molar-refractivity contribution in [3.05, 3.63) is 29.6 Å². The fraction of sp³-hybridized carbons (Fsp3) is 0.529. The van der Waals surface area contributed by atoms with Crippen molar-refractivity contribution in [1.29, 1.82) is 0 Å². The zero-order chi connectivity index (χ0) is 15.2. The number of nitrogens with zero attached hydrogens (tertiary/aromatic N) is 1. The highest BCUT2D eigenvalue weighted by atomic mass is 16.1. The van der Waals surface area contributed by atoms with E-state index >= 15 is 0 Å². The van der Waals surface area contributed by atoms with Crippen molar-refractivity contribution in [2.45, 2.75) is 39.2 Å². The maximum atomic E-state index is 12.2. The van der Waals surface area contributed by atoms with Crippen LogP contribution in [0.15, 0.2) is 18.3 Å². The lowest BCUT2D eigenvalue weighted by Crippen LogP contribution is -2.40. The van der Waals surface area contributed by atoms with Crippen molar-refractivity contribution < 1.29 is 4.79 Å². The largest absolute Gasteiger partial charge is 0.348 e. The molecular weight excluding hydrogens is 262 g/mol. The molecule has 1 fully saturated rings. The van der Waals surface area contributed by atoms with Gasteiger partial charge in [-0.3, -0.25) is 4.79 Å². The number of carbonyl (C=O) groups is 1. The molecule has 0 spiro atoms. The third-order valence-electron chi connectivity index (χ3n) is 4.26. The fourth-order valence-corrected chi connectivity index (χ4v) is 2.69. The number of pyridine rings is 1. The van der Waals surface area contributed by atoms with Crippen LogP contribution >= 0.6 is 0 Å². The topological polar surface area (TPSA) is 68.0 Å². The number of rotatable bonds is 2. The van der Waals surface area contributed by atoms with Gasteiger partial charge in [-0.2, -0.15) is 0 Å². The van der Waals surface area contributed by atoms with Gasteiger partial charge in [0.15, 0.2) is 0 Å². The number of nitrogens with two attached hydrogens (primary N) is 1. The number of hydrogen-bond acceptors (Lipinski definition) is 3. The number of hydrogen-bond donors (Lipinski definition) is 2. The van der Waals surface area contributed by atoms with Crippen LogP contribution < -0.4 is 11.1 Å². The van der Waals surface area contributed by atoms with E-state index in [0.717, 1.165) is 24.3 Å². The van der Waals surface area contributed by atoms with Crippen molar-refractivity contribution in [3.63, 3.8) is 0 Å². The van der Waals surface area contributed by atoms with E-state index in [9.17, 15) is 4.79 Å². The summed E-state index contributed by atoms with van der Waals surface area (Å²) in [4.78, 5) is 16.4. The first-order valence-electron chi connectivity index (χ1n) is 7.56. The van der Waals surface area contributed by atoms with Crippen LogP contribution in [0, 0.1) is 23.7 Å². The smallest absolute Gasteiger partial charge is 0.270 e. The van der Waals surface area contributed by atoms with E-state index in [0.29, 0.717) is 18.2 Å². The summed E-state index contributed by atoms with van der Waals surface area (Å²) >= 11 is 0. The van der Waals surface area contributed by atoms with Crippen LogP contribution in [0.25, 0.3) is 0 Å². The highest BCUT2D eigenvalue weighted by molar-refractivity contribution is 5.92. The predicted molar refractivity (Wildman–Crippen MR) is 83.6 cm³/mol. The van der Waals surface area contributed by atoms with Crippen LogP contribution in [0.2, 0.25) is 0 Å². The highest BCUT2D eigenvalue weighted by Gasteiger charge is 2.25. The fourth-order valence-electron chi connectivity index (χ4n) is 2.69. The molecule has 112 valence electrons. The van der Waals surface area contributed by atoms with E-state index in [1.165, 1.54) is 6.42 Å². The van der Waals surface area contributed by atoms with Gasteiger partial charge in [0.05, 0.1) is 6.54 Å². The number of carbonyl (C=O) groups excluding carboxylic acids is 1. The zero-order valence-electron chi connectivity index (χ0n) is 12.7. The molecule has 4 nitrogen and oxygen atoms in total. The van der Waals surface area contributed by atoms with Crippen molar-refractivity contribution in [2.75, 3.05) is 6.54 Å². The SMILES string of the molecule is CC1CCC(NC(=O)c2ccc(C#CCN)cn2)CC1C. The van der Waals surface area contributed by atoms with Crippen LogP contribution in [-0.4, -0.2) is 23.5 Å². The summed E-state index contributed by atoms with van der Waals surface area (Å²) in [6, 6.07) is 3.78. The first-order valence-corrected chi connectivity index (χ1v) is 7.56. The van der Waals surface area contributed by atoms with E-state index in [2.05, 4.69) is 36.0 Å². The molecule has 0 aromatic carbocycles. The molecule has 2 rings (SSSR count). The van der Waals surface area contributed by atoms with Gasteiger partial charge in [-0.1, -0.05) is 25.7 Å². The molecule has 3 N–H and O–H groups in total. The van der Waals surface area contributed by atoms with Gasteiger partial charge >= 0.3 is 0 Å². The normalized spacial score (nSPS) is 24.8. The Morgan fingerprint density at radius 3 is 2.81 bits per heavy atom. The third kappa shape index (κ3) is 4.30. The molecule has 21 heavy (non-hydrogen) atoms. The van der Waals surface area contributed by atoms with Crippen molar-refractivity contribution in [3.8, 4) is 11.8 Å². The summed E-state index contributed by atoms with van der Waals surface area (Å²) in [5.41, 5.74) is 6.54. The molecule has 1 aromatic rings. The second-order valence-electron chi connectivity index (χ2n) is 5.88. The summed E-state index contributed by atoms with van der Waals surface area (Å²) < 4.78 is 0. The van der Waals surface area contributed by atoms with Gasteiger partial charge in [0.1, 0.15) is 5.69 Å². The minimum Gasteiger partial charge on any atom is -0.348 e. The first-order chi connectivity index (χ1) is 10.1. The minimum absolute atomic E-state index is 0.0971. The molecule has 1 aliphatic carbocycles. The van der Waals surface area contributed by atoms with Gasteiger partial charge in [-0.15, -0.1) is 0 Å². The minimum atomic E-state index is -0.0971. The maximum absolute atomic E-state index is 12.2. The first kappa shape index (κ1) is 15.5. The molecule has 0 radical (unpaired) electrons. The Morgan fingerprint density at radius 2 is 2.19 bits per heavy atom. The second-order valence-corrected chi connectivity index (χ2v) is 5.88.